The lowest BCUT2D eigenvalue weighted by Crippen LogP contribution is -2.42. The van der Waals surface area contributed by atoms with E-state index in [0.29, 0.717) is 30.0 Å². The molecule has 1 atom stereocenters. The molecule has 1 aliphatic rings. The van der Waals surface area contributed by atoms with Crippen LogP contribution in [0.2, 0.25) is 0 Å². The second-order valence-electron chi connectivity index (χ2n) is 6.73. The van der Waals surface area contributed by atoms with Gasteiger partial charge in [-0.15, -0.1) is 0 Å². The average Bonchev–Trinajstić information content (AvgIpc) is 3.21. The summed E-state index contributed by atoms with van der Waals surface area (Å²) in [6.45, 7) is 2.32. The van der Waals surface area contributed by atoms with Crippen LogP contribution >= 0.6 is 0 Å². The summed E-state index contributed by atoms with van der Waals surface area (Å²) in [6, 6.07) is 12.1. The van der Waals surface area contributed by atoms with Gasteiger partial charge >= 0.3 is 0 Å². The first-order chi connectivity index (χ1) is 13.5. The second-order valence-corrected chi connectivity index (χ2v) is 6.73. The van der Waals surface area contributed by atoms with Gasteiger partial charge in [-0.25, -0.2) is 0 Å². The predicted molar refractivity (Wildman–Crippen MR) is 105 cm³/mol. The number of para-hydroxylation sites is 2. The van der Waals surface area contributed by atoms with Crippen LogP contribution in [-0.2, 0) is 4.79 Å². The van der Waals surface area contributed by atoms with E-state index in [1.165, 1.54) is 0 Å². The van der Waals surface area contributed by atoms with E-state index in [9.17, 15) is 9.59 Å². The summed E-state index contributed by atoms with van der Waals surface area (Å²) in [4.78, 5) is 27.3. The van der Waals surface area contributed by atoms with Crippen LogP contribution in [0.25, 0.3) is 0 Å². The first-order valence-electron chi connectivity index (χ1n) is 9.29. The van der Waals surface area contributed by atoms with Crippen LogP contribution in [0, 0.1) is 6.92 Å². The minimum absolute atomic E-state index is 0.0473. The molecule has 0 aromatic heterocycles. The van der Waals surface area contributed by atoms with Crippen molar-refractivity contribution in [1.82, 2.24) is 4.90 Å². The summed E-state index contributed by atoms with van der Waals surface area (Å²) in [5, 5.41) is 0. The topological polar surface area (TPSA) is 65.1 Å². The number of hydrogen-bond donors (Lipinski definition) is 0. The Labute approximate surface area is 165 Å². The van der Waals surface area contributed by atoms with Crippen LogP contribution in [0.5, 0.6) is 17.2 Å². The minimum Gasteiger partial charge on any atom is -0.496 e. The Hall–Kier alpha value is -3.02. The first-order valence-corrected chi connectivity index (χ1v) is 9.29. The maximum Gasteiger partial charge on any atom is 0.261 e. The molecule has 6 heteroatoms. The van der Waals surface area contributed by atoms with Gasteiger partial charge in [0.05, 0.1) is 20.3 Å². The van der Waals surface area contributed by atoms with Crippen molar-refractivity contribution in [2.24, 2.45) is 0 Å². The molecule has 6 nitrogen and oxygen atoms in total. The fraction of sp³-hybridized carbons (Fsp3) is 0.364. The van der Waals surface area contributed by atoms with Crippen molar-refractivity contribution < 1.29 is 23.8 Å². The van der Waals surface area contributed by atoms with Crippen LogP contribution in [0.1, 0.15) is 28.8 Å². The first kappa shape index (κ1) is 19.7. The summed E-state index contributed by atoms with van der Waals surface area (Å²) < 4.78 is 16.1. The van der Waals surface area contributed by atoms with Crippen LogP contribution in [-0.4, -0.2) is 50.0 Å². The van der Waals surface area contributed by atoms with Crippen molar-refractivity contribution >= 4 is 11.7 Å². The van der Waals surface area contributed by atoms with E-state index in [-0.39, 0.29) is 18.3 Å². The van der Waals surface area contributed by atoms with Gasteiger partial charge in [-0.1, -0.05) is 12.1 Å². The van der Waals surface area contributed by atoms with E-state index in [1.807, 2.05) is 25.1 Å². The number of ketones is 1. The van der Waals surface area contributed by atoms with Gasteiger partial charge < -0.3 is 19.1 Å². The van der Waals surface area contributed by atoms with Gasteiger partial charge in [0.2, 0.25) is 0 Å². The van der Waals surface area contributed by atoms with Gasteiger partial charge in [-0.05, 0) is 55.7 Å². The van der Waals surface area contributed by atoms with Crippen molar-refractivity contribution in [2.75, 3.05) is 27.4 Å². The van der Waals surface area contributed by atoms with Crippen molar-refractivity contribution in [3.05, 3.63) is 53.6 Å². The minimum atomic E-state index is -0.457. The lowest BCUT2D eigenvalue weighted by atomic mass is 10.00. The van der Waals surface area contributed by atoms with Crippen LogP contribution in [0.15, 0.2) is 42.5 Å². The van der Waals surface area contributed by atoms with E-state index in [0.717, 1.165) is 17.7 Å². The number of ether oxygens (including phenoxy) is 3. The molecule has 1 amide bonds. The number of amides is 1. The van der Waals surface area contributed by atoms with Gasteiger partial charge in [-0.2, -0.15) is 0 Å². The van der Waals surface area contributed by atoms with Crippen molar-refractivity contribution in [1.29, 1.82) is 0 Å². The molecule has 148 valence electrons. The molecular formula is C22H25NO5. The Bertz CT molecular complexity index is 864. The lowest BCUT2D eigenvalue weighted by molar-refractivity contribution is -0.133. The lowest BCUT2D eigenvalue weighted by Gasteiger charge is -2.24. The van der Waals surface area contributed by atoms with Gasteiger partial charge in [0, 0.05) is 12.1 Å². The maximum atomic E-state index is 13.0. The molecular weight excluding hydrogens is 358 g/mol. The van der Waals surface area contributed by atoms with Crippen molar-refractivity contribution in [2.45, 2.75) is 25.8 Å². The smallest absolute Gasteiger partial charge is 0.261 e. The molecule has 2 aromatic carbocycles. The highest BCUT2D eigenvalue weighted by molar-refractivity contribution is 6.02. The van der Waals surface area contributed by atoms with Crippen LogP contribution in [0.3, 0.4) is 0 Å². The van der Waals surface area contributed by atoms with Crippen LogP contribution in [0.4, 0.5) is 0 Å². The predicted octanol–water partition coefficient (Wildman–Crippen LogP) is 3.26. The molecule has 0 aliphatic carbocycles. The highest BCUT2D eigenvalue weighted by Gasteiger charge is 2.34. The summed E-state index contributed by atoms with van der Waals surface area (Å²) >= 11 is 0. The molecule has 0 radical (unpaired) electrons. The zero-order valence-corrected chi connectivity index (χ0v) is 16.4. The normalized spacial score (nSPS) is 16.0. The number of likely N-dealkylation sites (tertiary alicyclic amines) is 1. The fourth-order valence-corrected chi connectivity index (χ4v) is 3.52. The molecule has 0 spiro atoms. The Balaban J connectivity index is 1.69. The van der Waals surface area contributed by atoms with E-state index in [1.54, 1.807) is 43.4 Å². The van der Waals surface area contributed by atoms with Gasteiger partial charge in [0.15, 0.2) is 23.9 Å². The molecule has 1 fully saturated rings. The summed E-state index contributed by atoms with van der Waals surface area (Å²) in [5.74, 6) is 1.56. The molecule has 1 unspecified atom stereocenters. The molecule has 0 bridgehead atoms. The zero-order chi connectivity index (χ0) is 20.1. The molecule has 28 heavy (non-hydrogen) atoms. The standard InChI is InChI=1S/C22H25NO5/c1-15-13-16(10-11-18(15)26-2)22(25)17-7-6-12-23(17)21(24)14-28-20-9-5-4-8-19(20)27-3/h4-5,8-11,13,17H,6-7,12,14H2,1-3H3. The number of Topliss-reactive ketones (excluding diaryl/α,β-unsaturated/α-hetero) is 1. The number of methoxy groups -OCH3 is 2. The average molecular weight is 383 g/mol. The van der Waals surface area contributed by atoms with E-state index < -0.39 is 6.04 Å². The Morgan fingerprint density at radius 1 is 1.04 bits per heavy atom. The second kappa shape index (κ2) is 8.78. The maximum absolute atomic E-state index is 13.0. The highest BCUT2D eigenvalue weighted by atomic mass is 16.5. The molecule has 0 saturated carbocycles. The Morgan fingerprint density at radius 3 is 2.43 bits per heavy atom. The number of aryl methyl sites for hydroxylation is 1. The third-order valence-electron chi connectivity index (χ3n) is 4.98. The van der Waals surface area contributed by atoms with Gasteiger partial charge in [0.25, 0.3) is 5.91 Å². The van der Waals surface area contributed by atoms with E-state index in [2.05, 4.69) is 0 Å². The van der Waals surface area contributed by atoms with E-state index >= 15 is 0 Å². The number of carbonyl (C=O) groups excluding carboxylic acids is 2. The zero-order valence-electron chi connectivity index (χ0n) is 16.4. The molecule has 1 aliphatic heterocycles. The van der Waals surface area contributed by atoms with Crippen LogP contribution < -0.4 is 14.2 Å². The molecule has 2 aromatic rings. The van der Waals surface area contributed by atoms with Gasteiger partial charge in [0.1, 0.15) is 5.75 Å². The Kier molecular flexibility index (Phi) is 6.19. The van der Waals surface area contributed by atoms with Gasteiger partial charge in [-0.3, -0.25) is 9.59 Å². The highest BCUT2D eigenvalue weighted by Crippen LogP contribution is 2.27. The fourth-order valence-electron chi connectivity index (χ4n) is 3.52. The molecule has 1 saturated heterocycles. The number of carbonyl (C=O) groups is 2. The molecule has 1 heterocycles. The third-order valence-corrected chi connectivity index (χ3v) is 4.98. The van der Waals surface area contributed by atoms with Crippen molar-refractivity contribution in [3.8, 4) is 17.2 Å². The molecule has 3 rings (SSSR count). The summed E-state index contributed by atoms with van der Waals surface area (Å²) in [6.07, 6.45) is 1.45. The monoisotopic (exact) mass is 383 g/mol. The number of rotatable bonds is 7. The number of nitrogens with zero attached hydrogens (tertiary/aromatic N) is 1. The van der Waals surface area contributed by atoms with E-state index in [4.69, 9.17) is 14.2 Å². The van der Waals surface area contributed by atoms with Crippen molar-refractivity contribution in [3.63, 3.8) is 0 Å². The summed E-state index contributed by atoms with van der Waals surface area (Å²) in [7, 11) is 3.15. The largest absolute Gasteiger partial charge is 0.496 e. The number of hydrogen-bond acceptors (Lipinski definition) is 5. The quantitative estimate of drug-likeness (QED) is 0.687. The summed E-state index contributed by atoms with van der Waals surface area (Å²) in [5.41, 5.74) is 1.48. The Morgan fingerprint density at radius 2 is 1.75 bits per heavy atom. The third kappa shape index (κ3) is 4.11. The molecule has 0 N–H and O–H groups in total. The number of benzene rings is 2. The SMILES string of the molecule is COc1ccc(C(=O)C2CCCN2C(=O)COc2ccccc2OC)cc1C.